The van der Waals surface area contributed by atoms with E-state index in [1.807, 2.05) is 18.7 Å². The number of hydrogen-bond acceptors (Lipinski definition) is 3. The van der Waals surface area contributed by atoms with Crippen molar-refractivity contribution in [2.45, 2.75) is 58.4 Å². The Balaban J connectivity index is 2.21. The average molecular weight is 284 g/mol. The van der Waals surface area contributed by atoms with Crippen molar-refractivity contribution >= 4 is 11.9 Å². The van der Waals surface area contributed by atoms with Crippen molar-refractivity contribution < 1.29 is 14.7 Å². The maximum absolute atomic E-state index is 11.8. The van der Waals surface area contributed by atoms with Gasteiger partial charge in [0.05, 0.1) is 6.54 Å². The summed E-state index contributed by atoms with van der Waals surface area (Å²) in [6.45, 7) is 5.17. The van der Waals surface area contributed by atoms with Crippen LogP contribution in [0.1, 0.15) is 52.4 Å². The van der Waals surface area contributed by atoms with Gasteiger partial charge in [-0.2, -0.15) is 0 Å². The number of aliphatic carboxylic acids is 1. The molecule has 5 nitrogen and oxygen atoms in total. The zero-order chi connectivity index (χ0) is 15.0. The number of hydrogen-bond donors (Lipinski definition) is 2. The molecule has 1 amide bonds. The van der Waals surface area contributed by atoms with Gasteiger partial charge in [-0.1, -0.05) is 19.3 Å². The molecule has 1 rings (SSSR count). The maximum Gasteiger partial charge on any atom is 0.317 e. The van der Waals surface area contributed by atoms with Crippen LogP contribution in [-0.2, 0) is 9.59 Å². The molecular weight excluding hydrogens is 256 g/mol. The molecule has 1 fully saturated rings. The Bertz CT molecular complexity index is 312. The highest BCUT2D eigenvalue weighted by atomic mass is 16.4. The van der Waals surface area contributed by atoms with Gasteiger partial charge >= 0.3 is 5.97 Å². The minimum absolute atomic E-state index is 0.00638. The smallest absolute Gasteiger partial charge is 0.317 e. The van der Waals surface area contributed by atoms with Crippen molar-refractivity contribution in [3.63, 3.8) is 0 Å². The Hall–Kier alpha value is -1.10. The molecule has 0 spiro atoms. The van der Waals surface area contributed by atoms with Gasteiger partial charge < -0.3 is 10.4 Å². The summed E-state index contributed by atoms with van der Waals surface area (Å²) in [6.07, 6.45) is 6.69. The van der Waals surface area contributed by atoms with E-state index in [9.17, 15) is 9.59 Å². The third-order valence-electron chi connectivity index (χ3n) is 4.01. The van der Waals surface area contributed by atoms with E-state index >= 15 is 0 Å². The van der Waals surface area contributed by atoms with Gasteiger partial charge in [0.1, 0.15) is 0 Å². The fraction of sp³-hybridized carbons (Fsp3) is 0.867. The maximum atomic E-state index is 11.8. The molecule has 0 radical (unpaired) electrons. The largest absolute Gasteiger partial charge is 0.480 e. The Morgan fingerprint density at radius 2 is 1.90 bits per heavy atom. The van der Waals surface area contributed by atoms with Crippen molar-refractivity contribution in [1.29, 1.82) is 0 Å². The number of carbonyl (C=O) groups is 2. The van der Waals surface area contributed by atoms with Crippen LogP contribution in [0.25, 0.3) is 0 Å². The molecule has 2 N–H and O–H groups in total. The highest BCUT2D eigenvalue weighted by Crippen LogP contribution is 2.22. The van der Waals surface area contributed by atoms with Crippen LogP contribution in [0.4, 0.5) is 0 Å². The predicted octanol–water partition coefficient (Wildman–Crippen LogP) is 1.87. The van der Waals surface area contributed by atoms with Gasteiger partial charge in [-0.25, -0.2) is 0 Å². The first-order valence-electron chi connectivity index (χ1n) is 7.71. The molecule has 0 unspecified atom stereocenters. The second-order valence-electron chi connectivity index (χ2n) is 6.02. The summed E-state index contributed by atoms with van der Waals surface area (Å²) in [5.74, 6) is -0.180. The topological polar surface area (TPSA) is 69.6 Å². The fourth-order valence-electron chi connectivity index (χ4n) is 2.68. The summed E-state index contributed by atoms with van der Waals surface area (Å²) in [4.78, 5) is 24.4. The lowest BCUT2D eigenvalue weighted by molar-refractivity contribution is -0.139. The summed E-state index contributed by atoms with van der Waals surface area (Å²) in [5.41, 5.74) is 0. The number of carbonyl (C=O) groups excluding carboxylic acids is 1. The molecule has 0 saturated heterocycles. The van der Waals surface area contributed by atoms with Gasteiger partial charge in [0.15, 0.2) is 0 Å². The predicted molar refractivity (Wildman–Crippen MR) is 78.5 cm³/mol. The van der Waals surface area contributed by atoms with Crippen molar-refractivity contribution in [1.82, 2.24) is 10.2 Å². The van der Waals surface area contributed by atoms with Crippen LogP contribution in [0.5, 0.6) is 0 Å². The lowest BCUT2D eigenvalue weighted by Crippen LogP contribution is -2.39. The van der Waals surface area contributed by atoms with E-state index in [1.165, 1.54) is 32.1 Å². The van der Waals surface area contributed by atoms with Crippen LogP contribution in [0.2, 0.25) is 0 Å². The molecule has 0 bridgehead atoms. The number of rotatable bonds is 8. The molecule has 116 valence electrons. The quantitative estimate of drug-likeness (QED) is 0.714. The zero-order valence-corrected chi connectivity index (χ0v) is 12.7. The van der Waals surface area contributed by atoms with E-state index in [4.69, 9.17) is 5.11 Å². The summed E-state index contributed by atoms with van der Waals surface area (Å²) < 4.78 is 0. The highest BCUT2D eigenvalue weighted by Gasteiger charge is 2.16. The molecule has 0 aromatic heterocycles. The van der Waals surface area contributed by atoms with Crippen molar-refractivity contribution in [2.75, 3.05) is 19.6 Å². The standard InChI is InChI=1S/C15H28N2O3/c1-12(2)17(11-15(19)20)9-8-14(18)16-10-13-6-4-3-5-7-13/h12-13H,3-11H2,1-2H3,(H,16,18)(H,19,20). The fourth-order valence-corrected chi connectivity index (χ4v) is 2.68. The van der Waals surface area contributed by atoms with Crippen LogP contribution < -0.4 is 5.32 Å². The molecule has 1 aliphatic carbocycles. The second-order valence-corrected chi connectivity index (χ2v) is 6.02. The Morgan fingerprint density at radius 1 is 1.25 bits per heavy atom. The highest BCUT2D eigenvalue weighted by molar-refractivity contribution is 5.76. The number of carboxylic acid groups (broad SMARTS) is 1. The first-order chi connectivity index (χ1) is 9.49. The van der Waals surface area contributed by atoms with E-state index in [-0.39, 0.29) is 18.5 Å². The summed E-state index contributed by atoms with van der Waals surface area (Å²) in [6, 6.07) is 0.136. The van der Waals surface area contributed by atoms with Crippen LogP contribution in [0, 0.1) is 5.92 Å². The lowest BCUT2D eigenvalue weighted by Gasteiger charge is -2.25. The first kappa shape index (κ1) is 17.0. The van der Waals surface area contributed by atoms with Crippen molar-refractivity contribution in [2.24, 2.45) is 5.92 Å². The summed E-state index contributed by atoms with van der Waals surface area (Å²) in [7, 11) is 0. The molecule has 0 aromatic carbocycles. The van der Waals surface area contributed by atoms with Gasteiger partial charge in [-0.05, 0) is 32.6 Å². The minimum Gasteiger partial charge on any atom is -0.480 e. The SMILES string of the molecule is CC(C)N(CCC(=O)NCC1CCCCC1)CC(=O)O. The summed E-state index contributed by atoms with van der Waals surface area (Å²) in [5, 5.41) is 11.8. The normalized spacial score (nSPS) is 16.6. The van der Waals surface area contributed by atoms with Gasteiger partial charge in [0.25, 0.3) is 0 Å². The van der Waals surface area contributed by atoms with Crippen molar-refractivity contribution in [3.05, 3.63) is 0 Å². The van der Waals surface area contributed by atoms with E-state index in [0.29, 0.717) is 18.9 Å². The summed E-state index contributed by atoms with van der Waals surface area (Å²) >= 11 is 0. The molecular formula is C15H28N2O3. The van der Waals surface area contributed by atoms with E-state index in [1.54, 1.807) is 0 Å². The van der Waals surface area contributed by atoms with Crippen LogP contribution >= 0.6 is 0 Å². The van der Waals surface area contributed by atoms with Gasteiger partial charge in [0, 0.05) is 25.6 Å². The number of nitrogens with zero attached hydrogens (tertiary/aromatic N) is 1. The molecule has 0 atom stereocenters. The third kappa shape index (κ3) is 6.89. The first-order valence-corrected chi connectivity index (χ1v) is 7.71. The lowest BCUT2D eigenvalue weighted by atomic mass is 9.89. The third-order valence-corrected chi connectivity index (χ3v) is 4.01. The van der Waals surface area contributed by atoms with E-state index in [2.05, 4.69) is 5.32 Å². The molecule has 1 aliphatic rings. The van der Waals surface area contributed by atoms with E-state index in [0.717, 1.165) is 6.54 Å². The minimum atomic E-state index is -0.846. The molecule has 1 saturated carbocycles. The molecule has 0 aromatic rings. The van der Waals surface area contributed by atoms with Crippen molar-refractivity contribution in [3.8, 4) is 0 Å². The second kappa shape index (κ2) is 8.95. The van der Waals surface area contributed by atoms with Crippen LogP contribution in [0.3, 0.4) is 0 Å². The Morgan fingerprint density at radius 3 is 2.45 bits per heavy atom. The average Bonchev–Trinajstić information content (AvgIpc) is 2.41. The van der Waals surface area contributed by atoms with Crippen LogP contribution in [0.15, 0.2) is 0 Å². The van der Waals surface area contributed by atoms with Gasteiger partial charge in [-0.3, -0.25) is 14.5 Å². The molecule has 5 heteroatoms. The number of nitrogens with one attached hydrogen (secondary N) is 1. The van der Waals surface area contributed by atoms with Crippen LogP contribution in [-0.4, -0.2) is 47.6 Å². The molecule has 0 heterocycles. The molecule has 0 aliphatic heterocycles. The molecule has 20 heavy (non-hydrogen) atoms. The monoisotopic (exact) mass is 284 g/mol. The number of amides is 1. The number of carboxylic acids is 1. The zero-order valence-electron chi connectivity index (χ0n) is 12.7. The van der Waals surface area contributed by atoms with E-state index < -0.39 is 5.97 Å². The Labute approximate surface area is 121 Å². The van der Waals surface area contributed by atoms with Gasteiger partial charge in [0.2, 0.25) is 5.91 Å². The van der Waals surface area contributed by atoms with Gasteiger partial charge in [-0.15, -0.1) is 0 Å². The Kier molecular flexibility index (Phi) is 7.59.